The summed E-state index contributed by atoms with van der Waals surface area (Å²) in [6, 6.07) is 14.4. The van der Waals surface area contributed by atoms with Gasteiger partial charge in [-0.1, -0.05) is 36.4 Å². The molecule has 0 saturated carbocycles. The van der Waals surface area contributed by atoms with Crippen LogP contribution in [0.15, 0.2) is 42.5 Å². The predicted molar refractivity (Wildman–Crippen MR) is 85.3 cm³/mol. The Bertz CT molecular complexity index is 669. The van der Waals surface area contributed by atoms with E-state index in [2.05, 4.69) is 24.3 Å². The number of rotatable bonds is 3. The van der Waals surface area contributed by atoms with E-state index >= 15 is 0 Å². The van der Waals surface area contributed by atoms with Crippen LogP contribution in [0, 0.1) is 5.92 Å². The molecule has 0 N–H and O–H groups in total. The summed E-state index contributed by atoms with van der Waals surface area (Å²) in [7, 11) is 0. The lowest BCUT2D eigenvalue weighted by molar-refractivity contribution is -0.935. The van der Waals surface area contributed by atoms with Crippen LogP contribution in [0.1, 0.15) is 29.6 Å². The third kappa shape index (κ3) is 2.38. The summed E-state index contributed by atoms with van der Waals surface area (Å²) in [6.45, 7) is 4.34. The van der Waals surface area contributed by atoms with Gasteiger partial charge in [-0.05, 0) is 42.0 Å². The van der Waals surface area contributed by atoms with Gasteiger partial charge in [-0.25, -0.2) is 0 Å². The average Bonchev–Trinajstić information content (AvgIpc) is 2.55. The van der Waals surface area contributed by atoms with Crippen LogP contribution in [0.4, 0.5) is 0 Å². The lowest BCUT2D eigenvalue weighted by atomic mass is 9.85. The number of carbonyl (C=O) groups excluding carboxylic acids is 1. The van der Waals surface area contributed by atoms with Crippen molar-refractivity contribution in [3.05, 3.63) is 48.0 Å². The standard InChI is InChI=1S/C19H22NO/c21-19(14-20-10-7-15(8-11-20)9-12-20)18-6-5-16-3-1-2-4-17(16)13-18/h1-6,13,15H,7-12,14H2/q+1. The molecule has 0 aliphatic carbocycles. The fraction of sp³-hybridized carbons (Fsp3) is 0.421. The molecule has 0 spiro atoms. The van der Waals surface area contributed by atoms with Gasteiger partial charge in [-0.3, -0.25) is 4.79 Å². The van der Waals surface area contributed by atoms with E-state index in [0.29, 0.717) is 12.3 Å². The molecule has 0 radical (unpaired) electrons. The number of benzene rings is 2. The third-order valence-electron chi connectivity index (χ3n) is 5.59. The number of hydrogen-bond acceptors (Lipinski definition) is 1. The van der Waals surface area contributed by atoms with Gasteiger partial charge in [0.15, 0.2) is 0 Å². The zero-order valence-corrected chi connectivity index (χ0v) is 12.4. The van der Waals surface area contributed by atoms with Gasteiger partial charge in [0.25, 0.3) is 0 Å². The molecule has 108 valence electrons. The Kier molecular flexibility index (Phi) is 3.07. The first-order valence-corrected chi connectivity index (χ1v) is 8.11. The summed E-state index contributed by atoms with van der Waals surface area (Å²) >= 11 is 0. The van der Waals surface area contributed by atoms with E-state index in [9.17, 15) is 4.79 Å². The third-order valence-corrected chi connectivity index (χ3v) is 5.59. The molecule has 3 aliphatic rings. The number of ketones is 1. The van der Waals surface area contributed by atoms with Crippen LogP contribution in [0.3, 0.4) is 0 Å². The monoisotopic (exact) mass is 280 g/mol. The highest BCUT2D eigenvalue weighted by atomic mass is 16.1. The number of nitrogens with zero attached hydrogens (tertiary/aromatic N) is 1. The van der Waals surface area contributed by atoms with E-state index < -0.39 is 0 Å². The number of hydrogen-bond donors (Lipinski definition) is 0. The fourth-order valence-electron chi connectivity index (χ4n) is 4.13. The SMILES string of the molecule is O=C(C[N+]12CCC(CC1)CC2)c1ccc2ccccc2c1. The Hall–Kier alpha value is -1.67. The van der Waals surface area contributed by atoms with Gasteiger partial charge in [0.05, 0.1) is 19.6 Å². The zero-order valence-electron chi connectivity index (χ0n) is 12.4. The molecule has 2 bridgehead atoms. The van der Waals surface area contributed by atoms with Crippen LogP contribution in [-0.2, 0) is 0 Å². The second kappa shape index (κ2) is 4.96. The predicted octanol–water partition coefficient (Wildman–Crippen LogP) is 3.65. The van der Waals surface area contributed by atoms with Gasteiger partial charge in [-0.2, -0.15) is 0 Å². The first-order valence-electron chi connectivity index (χ1n) is 8.11. The van der Waals surface area contributed by atoms with Crippen molar-refractivity contribution >= 4 is 16.6 Å². The lowest BCUT2D eigenvalue weighted by Gasteiger charge is -2.48. The first kappa shape index (κ1) is 13.0. The van der Waals surface area contributed by atoms with Gasteiger partial charge in [-0.15, -0.1) is 0 Å². The van der Waals surface area contributed by atoms with Crippen LogP contribution >= 0.6 is 0 Å². The molecular formula is C19H22NO+. The average molecular weight is 280 g/mol. The summed E-state index contributed by atoms with van der Waals surface area (Å²) in [5.41, 5.74) is 0.883. The molecule has 3 aliphatic heterocycles. The van der Waals surface area contributed by atoms with Crippen molar-refractivity contribution in [1.29, 1.82) is 0 Å². The highest BCUT2D eigenvalue weighted by Crippen LogP contribution is 2.33. The van der Waals surface area contributed by atoms with E-state index in [1.54, 1.807) is 0 Å². The van der Waals surface area contributed by atoms with Crippen LogP contribution in [-0.4, -0.2) is 36.4 Å². The highest BCUT2D eigenvalue weighted by molar-refractivity contribution is 6.00. The van der Waals surface area contributed by atoms with Gasteiger partial charge in [0.1, 0.15) is 6.54 Å². The summed E-state index contributed by atoms with van der Waals surface area (Å²) in [6.07, 6.45) is 3.97. The molecule has 0 unspecified atom stereocenters. The van der Waals surface area contributed by atoms with E-state index in [0.717, 1.165) is 16.0 Å². The largest absolute Gasteiger partial charge is 0.317 e. The van der Waals surface area contributed by atoms with Gasteiger partial charge < -0.3 is 4.48 Å². The Morgan fingerprint density at radius 3 is 2.33 bits per heavy atom. The molecule has 0 amide bonds. The summed E-state index contributed by atoms with van der Waals surface area (Å²) in [4.78, 5) is 12.7. The second-order valence-electron chi connectivity index (χ2n) is 6.89. The normalized spacial score (nSPS) is 27.9. The Morgan fingerprint density at radius 1 is 0.952 bits per heavy atom. The molecule has 2 nitrogen and oxygen atoms in total. The van der Waals surface area contributed by atoms with E-state index in [-0.39, 0.29) is 0 Å². The van der Waals surface area contributed by atoms with Crippen molar-refractivity contribution in [2.24, 2.45) is 5.92 Å². The second-order valence-corrected chi connectivity index (χ2v) is 6.89. The number of quaternary nitrogens is 1. The van der Waals surface area contributed by atoms with E-state index in [1.165, 1.54) is 49.7 Å². The molecule has 0 atom stereocenters. The van der Waals surface area contributed by atoms with Crippen LogP contribution in [0.2, 0.25) is 0 Å². The fourth-order valence-corrected chi connectivity index (χ4v) is 4.13. The Morgan fingerprint density at radius 2 is 1.62 bits per heavy atom. The zero-order chi connectivity index (χ0) is 14.3. The number of carbonyl (C=O) groups is 1. The molecule has 2 aromatic rings. The lowest BCUT2D eigenvalue weighted by Crippen LogP contribution is -2.60. The van der Waals surface area contributed by atoms with Crippen molar-refractivity contribution in [3.63, 3.8) is 0 Å². The van der Waals surface area contributed by atoms with Crippen molar-refractivity contribution in [2.75, 3.05) is 26.2 Å². The van der Waals surface area contributed by atoms with Gasteiger partial charge in [0, 0.05) is 5.56 Å². The van der Waals surface area contributed by atoms with Crippen LogP contribution < -0.4 is 0 Å². The topological polar surface area (TPSA) is 17.1 Å². The minimum atomic E-state index is 0.320. The van der Waals surface area contributed by atoms with Crippen LogP contribution in [0.25, 0.3) is 10.8 Å². The molecule has 5 rings (SSSR count). The summed E-state index contributed by atoms with van der Waals surface area (Å²) < 4.78 is 1.04. The maximum atomic E-state index is 12.7. The maximum absolute atomic E-state index is 12.7. The Labute approximate surface area is 126 Å². The number of piperidine rings is 3. The molecule has 2 aromatic carbocycles. The first-order chi connectivity index (χ1) is 10.2. The quantitative estimate of drug-likeness (QED) is 0.619. The van der Waals surface area contributed by atoms with Crippen molar-refractivity contribution < 1.29 is 9.28 Å². The summed E-state index contributed by atoms with van der Waals surface area (Å²) in [5, 5.41) is 2.38. The van der Waals surface area contributed by atoms with Gasteiger partial charge >= 0.3 is 0 Å². The molecule has 3 fully saturated rings. The van der Waals surface area contributed by atoms with E-state index in [1.807, 2.05) is 18.2 Å². The number of Topliss-reactive ketones (excluding diaryl/α,β-unsaturated/α-hetero) is 1. The van der Waals surface area contributed by atoms with Crippen molar-refractivity contribution in [3.8, 4) is 0 Å². The molecule has 2 heteroatoms. The molecule has 3 saturated heterocycles. The minimum Gasteiger partial charge on any atom is -0.317 e. The molecular weight excluding hydrogens is 258 g/mol. The summed E-state index contributed by atoms with van der Waals surface area (Å²) in [5.74, 6) is 1.27. The van der Waals surface area contributed by atoms with Crippen molar-refractivity contribution in [1.82, 2.24) is 0 Å². The maximum Gasteiger partial charge on any atom is 0.216 e. The molecule has 0 aromatic heterocycles. The van der Waals surface area contributed by atoms with E-state index in [4.69, 9.17) is 0 Å². The van der Waals surface area contributed by atoms with Crippen LogP contribution in [0.5, 0.6) is 0 Å². The van der Waals surface area contributed by atoms with Crippen molar-refractivity contribution in [2.45, 2.75) is 19.3 Å². The minimum absolute atomic E-state index is 0.320. The number of fused-ring (bicyclic) bond motifs is 4. The molecule has 21 heavy (non-hydrogen) atoms. The highest BCUT2D eigenvalue weighted by Gasteiger charge is 2.40. The smallest absolute Gasteiger partial charge is 0.216 e. The Balaban J connectivity index is 1.58. The molecule has 3 heterocycles. The van der Waals surface area contributed by atoms with Gasteiger partial charge in [0.2, 0.25) is 5.78 Å².